The highest BCUT2D eigenvalue weighted by atomic mass is 16.5. The molecule has 2 N–H and O–H groups in total. The lowest BCUT2D eigenvalue weighted by atomic mass is 10.1. The van der Waals surface area contributed by atoms with E-state index in [9.17, 15) is 0 Å². The molecule has 21 heavy (non-hydrogen) atoms. The molecule has 0 radical (unpaired) electrons. The predicted octanol–water partition coefficient (Wildman–Crippen LogP) is 2.21. The van der Waals surface area contributed by atoms with Crippen LogP contribution in [-0.4, -0.2) is 22.9 Å². The first-order chi connectivity index (χ1) is 10.0. The number of aromatic nitrogens is 2. The van der Waals surface area contributed by atoms with Crippen LogP contribution in [0.4, 0.5) is 0 Å². The molecule has 0 amide bonds. The average Bonchev–Trinajstić information content (AvgIpc) is 2.74. The smallest absolute Gasteiger partial charge is 0.164 e. The fourth-order valence-electron chi connectivity index (χ4n) is 2.34. The van der Waals surface area contributed by atoms with E-state index >= 15 is 0 Å². The van der Waals surface area contributed by atoms with E-state index < -0.39 is 0 Å². The van der Waals surface area contributed by atoms with Gasteiger partial charge in [0, 0.05) is 13.1 Å². The quantitative estimate of drug-likeness (QED) is 0.885. The van der Waals surface area contributed by atoms with E-state index in [-0.39, 0.29) is 6.04 Å². The van der Waals surface area contributed by atoms with E-state index in [0.29, 0.717) is 6.61 Å². The van der Waals surface area contributed by atoms with Crippen molar-refractivity contribution in [2.75, 3.05) is 7.11 Å². The van der Waals surface area contributed by atoms with Crippen molar-refractivity contribution in [3.63, 3.8) is 0 Å². The number of hydrogen-bond acceptors (Lipinski definition) is 4. The number of benzene rings is 1. The standard InChI is InChI=1S/C16H23N3O2/c1-11(17)8-13-6-5-7-15(20-4)16(13)21-10-14-9-12(2)18-19(14)3/h5-7,9,11H,8,10,17H2,1-4H3. The highest BCUT2D eigenvalue weighted by Gasteiger charge is 2.13. The normalized spacial score (nSPS) is 12.2. The molecule has 5 heteroatoms. The number of para-hydroxylation sites is 1. The summed E-state index contributed by atoms with van der Waals surface area (Å²) in [4.78, 5) is 0. The van der Waals surface area contributed by atoms with Gasteiger partial charge in [0.2, 0.25) is 0 Å². The molecule has 5 nitrogen and oxygen atoms in total. The zero-order valence-corrected chi connectivity index (χ0v) is 13.1. The van der Waals surface area contributed by atoms with Gasteiger partial charge in [-0.25, -0.2) is 0 Å². The zero-order chi connectivity index (χ0) is 15.4. The van der Waals surface area contributed by atoms with Crippen LogP contribution in [0.3, 0.4) is 0 Å². The number of ether oxygens (including phenoxy) is 2. The Labute approximate surface area is 125 Å². The van der Waals surface area contributed by atoms with E-state index in [0.717, 1.165) is 34.9 Å². The second-order valence-corrected chi connectivity index (χ2v) is 5.32. The Morgan fingerprint density at radius 2 is 2.14 bits per heavy atom. The molecule has 1 aromatic heterocycles. The van der Waals surface area contributed by atoms with Crippen molar-refractivity contribution in [2.45, 2.75) is 32.9 Å². The lowest BCUT2D eigenvalue weighted by molar-refractivity contribution is 0.272. The third kappa shape index (κ3) is 3.76. The summed E-state index contributed by atoms with van der Waals surface area (Å²) < 4.78 is 13.2. The van der Waals surface area contributed by atoms with E-state index in [1.165, 1.54) is 0 Å². The van der Waals surface area contributed by atoms with Crippen LogP contribution in [0.25, 0.3) is 0 Å². The highest BCUT2D eigenvalue weighted by Crippen LogP contribution is 2.32. The Hall–Kier alpha value is -2.01. The predicted molar refractivity (Wildman–Crippen MR) is 82.6 cm³/mol. The van der Waals surface area contributed by atoms with Gasteiger partial charge in [-0.15, -0.1) is 0 Å². The first-order valence-electron chi connectivity index (χ1n) is 7.05. The summed E-state index contributed by atoms with van der Waals surface area (Å²) >= 11 is 0. The van der Waals surface area contributed by atoms with Gasteiger partial charge in [-0.05, 0) is 38.0 Å². The molecule has 0 saturated heterocycles. The first-order valence-corrected chi connectivity index (χ1v) is 7.05. The van der Waals surface area contributed by atoms with Crippen LogP contribution in [0, 0.1) is 6.92 Å². The Balaban J connectivity index is 2.23. The molecule has 0 aliphatic rings. The first kappa shape index (κ1) is 15.4. The summed E-state index contributed by atoms with van der Waals surface area (Å²) in [5.74, 6) is 1.49. The third-order valence-corrected chi connectivity index (χ3v) is 3.29. The molecule has 1 aromatic carbocycles. The van der Waals surface area contributed by atoms with Gasteiger partial charge in [-0.1, -0.05) is 12.1 Å². The van der Waals surface area contributed by atoms with Gasteiger partial charge in [-0.3, -0.25) is 4.68 Å². The van der Waals surface area contributed by atoms with Crippen molar-refractivity contribution in [2.24, 2.45) is 12.8 Å². The Morgan fingerprint density at radius 3 is 2.71 bits per heavy atom. The van der Waals surface area contributed by atoms with E-state index in [1.54, 1.807) is 7.11 Å². The second-order valence-electron chi connectivity index (χ2n) is 5.32. The summed E-state index contributed by atoms with van der Waals surface area (Å²) in [6.45, 7) is 4.39. The van der Waals surface area contributed by atoms with Gasteiger partial charge in [0.15, 0.2) is 11.5 Å². The van der Waals surface area contributed by atoms with Crippen molar-refractivity contribution < 1.29 is 9.47 Å². The molecule has 0 spiro atoms. The van der Waals surface area contributed by atoms with Gasteiger partial charge in [-0.2, -0.15) is 5.10 Å². The largest absolute Gasteiger partial charge is 0.493 e. The van der Waals surface area contributed by atoms with E-state index in [4.69, 9.17) is 15.2 Å². The van der Waals surface area contributed by atoms with Crippen molar-refractivity contribution in [3.05, 3.63) is 41.2 Å². The molecular weight excluding hydrogens is 266 g/mol. The molecule has 114 valence electrons. The Kier molecular flexibility index (Phi) is 4.85. The maximum absolute atomic E-state index is 6.00. The summed E-state index contributed by atoms with van der Waals surface area (Å²) in [6.07, 6.45) is 0.747. The minimum absolute atomic E-state index is 0.0680. The van der Waals surface area contributed by atoms with Crippen LogP contribution in [0.15, 0.2) is 24.3 Å². The molecule has 2 aromatic rings. The summed E-state index contributed by atoms with van der Waals surface area (Å²) in [5.41, 5.74) is 8.96. The molecule has 0 aliphatic carbocycles. The number of aryl methyl sites for hydroxylation is 2. The molecule has 0 aliphatic heterocycles. The van der Waals surface area contributed by atoms with Crippen molar-refractivity contribution >= 4 is 0 Å². The number of nitrogens with two attached hydrogens (primary N) is 1. The molecule has 0 bridgehead atoms. The summed E-state index contributed by atoms with van der Waals surface area (Å²) in [6, 6.07) is 7.96. The molecule has 1 unspecified atom stereocenters. The number of hydrogen-bond donors (Lipinski definition) is 1. The van der Waals surface area contributed by atoms with Gasteiger partial charge in [0.05, 0.1) is 18.5 Å². The molecule has 2 rings (SSSR count). The molecule has 0 saturated carbocycles. The molecular formula is C16H23N3O2. The molecule has 1 atom stereocenters. The monoisotopic (exact) mass is 289 g/mol. The fraction of sp³-hybridized carbons (Fsp3) is 0.438. The zero-order valence-electron chi connectivity index (χ0n) is 13.1. The number of rotatable bonds is 6. The Morgan fingerprint density at radius 1 is 1.38 bits per heavy atom. The van der Waals surface area contributed by atoms with Crippen LogP contribution < -0.4 is 15.2 Å². The van der Waals surface area contributed by atoms with Crippen LogP contribution in [0.2, 0.25) is 0 Å². The van der Waals surface area contributed by atoms with E-state index in [1.807, 2.05) is 49.8 Å². The summed E-state index contributed by atoms with van der Waals surface area (Å²) in [7, 11) is 3.56. The lowest BCUT2D eigenvalue weighted by Gasteiger charge is -2.16. The highest BCUT2D eigenvalue weighted by molar-refractivity contribution is 5.47. The SMILES string of the molecule is COc1cccc(CC(C)N)c1OCc1cc(C)nn1C. The van der Waals surface area contributed by atoms with Crippen LogP contribution in [-0.2, 0) is 20.1 Å². The topological polar surface area (TPSA) is 62.3 Å². The summed E-state index contributed by atoms with van der Waals surface area (Å²) in [5, 5.41) is 4.32. The van der Waals surface area contributed by atoms with Gasteiger partial charge in [0.25, 0.3) is 0 Å². The van der Waals surface area contributed by atoms with Gasteiger partial charge in [0.1, 0.15) is 6.61 Å². The number of nitrogens with zero attached hydrogens (tertiary/aromatic N) is 2. The van der Waals surface area contributed by atoms with Crippen LogP contribution in [0.1, 0.15) is 23.9 Å². The maximum Gasteiger partial charge on any atom is 0.164 e. The van der Waals surface area contributed by atoms with Gasteiger partial charge >= 0.3 is 0 Å². The molecule has 0 fully saturated rings. The molecule has 1 heterocycles. The van der Waals surface area contributed by atoms with Crippen LogP contribution in [0.5, 0.6) is 11.5 Å². The lowest BCUT2D eigenvalue weighted by Crippen LogP contribution is -2.18. The fourth-order valence-corrected chi connectivity index (χ4v) is 2.34. The maximum atomic E-state index is 6.00. The van der Waals surface area contributed by atoms with Crippen LogP contribution >= 0.6 is 0 Å². The third-order valence-electron chi connectivity index (χ3n) is 3.29. The van der Waals surface area contributed by atoms with Crippen molar-refractivity contribution in [3.8, 4) is 11.5 Å². The Bertz CT molecular complexity index is 606. The second kappa shape index (κ2) is 6.63. The number of methoxy groups -OCH3 is 1. The van der Waals surface area contributed by atoms with Crippen molar-refractivity contribution in [1.29, 1.82) is 0 Å². The van der Waals surface area contributed by atoms with E-state index in [2.05, 4.69) is 5.10 Å². The van der Waals surface area contributed by atoms with Crippen molar-refractivity contribution in [1.82, 2.24) is 9.78 Å². The minimum Gasteiger partial charge on any atom is -0.493 e. The minimum atomic E-state index is 0.0680. The van der Waals surface area contributed by atoms with Gasteiger partial charge < -0.3 is 15.2 Å². The average molecular weight is 289 g/mol.